The lowest BCUT2D eigenvalue weighted by Crippen LogP contribution is -2.29. The van der Waals surface area contributed by atoms with Gasteiger partial charge in [-0.3, -0.25) is 18.9 Å². The number of carbonyl (C=O) groups is 2. The molecular weight excluding hydrogens is 590 g/mol. The Hall–Kier alpha value is -4.81. The second-order valence-electron chi connectivity index (χ2n) is 9.58. The molecule has 1 unspecified atom stereocenters. The lowest BCUT2D eigenvalue weighted by molar-refractivity contribution is -0.132. The highest BCUT2D eigenvalue weighted by molar-refractivity contribution is 8.00. The van der Waals surface area contributed by atoms with E-state index in [1.807, 2.05) is 6.07 Å². The second kappa shape index (κ2) is 11.8. The number of Topliss-reactive ketones (excluding diaryl/α,β-unsaturated/α-hetero) is 1. The molecule has 0 saturated carbocycles. The van der Waals surface area contributed by atoms with Crippen molar-refractivity contribution in [3.8, 4) is 5.75 Å². The zero-order chi connectivity index (χ0) is 30.1. The molecule has 9 nitrogen and oxygen atoms in total. The van der Waals surface area contributed by atoms with Crippen molar-refractivity contribution in [2.75, 3.05) is 11.5 Å². The lowest BCUT2D eigenvalue weighted by atomic mass is 9.96. The van der Waals surface area contributed by atoms with Gasteiger partial charge in [0.1, 0.15) is 29.5 Å². The van der Waals surface area contributed by atoms with Crippen LogP contribution in [0.2, 0.25) is 0 Å². The van der Waals surface area contributed by atoms with E-state index in [0.717, 1.165) is 16.9 Å². The standard InChI is InChI=1S/C31H24FN5O4S2/c1-3-16-41-22-13-9-20(10-14-22)26-24(27(38)25-18(2)33-23-6-4-5-15-36(23)25)28(39)29(40)37(26)30-34-35-31(43-30)42-17-19-7-11-21(32)12-8-19/h3-15,26,38H,1,16-17H2,2H3/b27-24+. The van der Waals surface area contributed by atoms with Gasteiger partial charge in [0, 0.05) is 11.9 Å². The van der Waals surface area contributed by atoms with Crippen LogP contribution < -0.4 is 9.64 Å². The van der Waals surface area contributed by atoms with E-state index < -0.39 is 17.7 Å². The Morgan fingerprint density at radius 1 is 1.12 bits per heavy atom. The number of thioether (sulfide) groups is 1. The Bertz CT molecular complexity index is 1880. The van der Waals surface area contributed by atoms with E-state index >= 15 is 0 Å². The minimum atomic E-state index is -0.995. The van der Waals surface area contributed by atoms with E-state index in [-0.39, 0.29) is 22.3 Å². The van der Waals surface area contributed by atoms with Crippen molar-refractivity contribution in [1.82, 2.24) is 19.6 Å². The minimum Gasteiger partial charge on any atom is -0.505 e. The summed E-state index contributed by atoms with van der Waals surface area (Å²) in [5.74, 6) is -1.26. The molecule has 0 bridgehead atoms. The molecule has 5 aromatic rings. The van der Waals surface area contributed by atoms with Crippen LogP contribution in [0.5, 0.6) is 5.75 Å². The van der Waals surface area contributed by atoms with Crippen LogP contribution >= 0.6 is 23.1 Å². The molecule has 1 N–H and O–H groups in total. The van der Waals surface area contributed by atoms with E-state index in [0.29, 0.717) is 45.0 Å². The smallest absolute Gasteiger partial charge is 0.301 e. The van der Waals surface area contributed by atoms with Gasteiger partial charge in [-0.1, -0.05) is 66.1 Å². The Labute approximate surface area is 254 Å². The van der Waals surface area contributed by atoms with Gasteiger partial charge in [-0.25, -0.2) is 9.37 Å². The number of fused-ring (bicyclic) bond motifs is 1. The summed E-state index contributed by atoms with van der Waals surface area (Å²) in [4.78, 5) is 33.1. The number of aliphatic hydroxyl groups excluding tert-OH is 1. The quantitative estimate of drug-likeness (QED) is 0.0529. The molecular formula is C31H24FN5O4S2. The number of amides is 1. The minimum absolute atomic E-state index is 0.0887. The highest BCUT2D eigenvalue weighted by atomic mass is 32.2. The van der Waals surface area contributed by atoms with Gasteiger partial charge in [0.05, 0.1) is 17.3 Å². The van der Waals surface area contributed by atoms with Gasteiger partial charge in [-0.15, -0.1) is 10.2 Å². The first-order valence-corrected chi connectivity index (χ1v) is 15.0. The van der Waals surface area contributed by atoms with Crippen molar-refractivity contribution in [2.45, 2.75) is 23.1 Å². The monoisotopic (exact) mass is 613 g/mol. The van der Waals surface area contributed by atoms with Crippen LogP contribution in [-0.2, 0) is 15.3 Å². The lowest BCUT2D eigenvalue weighted by Gasteiger charge is -2.22. The molecule has 1 saturated heterocycles. The number of aryl methyl sites for hydroxylation is 1. The molecule has 0 spiro atoms. The number of hydrogen-bond donors (Lipinski definition) is 1. The molecule has 1 amide bonds. The zero-order valence-corrected chi connectivity index (χ0v) is 24.4. The number of ketones is 1. The van der Waals surface area contributed by atoms with Crippen LogP contribution in [0.4, 0.5) is 9.52 Å². The molecule has 4 heterocycles. The highest BCUT2D eigenvalue weighted by Crippen LogP contribution is 2.44. The SMILES string of the molecule is C=CCOc1ccc(C2/C(=C(\O)c3c(C)nc4ccccn34)C(=O)C(=O)N2c2nnc(SCc3ccc(F)cc3)s2)cc1. The van der Waals surface area contributed by atoms with Crippen molar-refractivity contribution in [1.29, 1.82) is 0 Å². The van der Waals surface area contributed by atoms with Gasteiger partial charge in [0.25, 0.3) is 5.78 Å². The van der Waals surface area contributed by atoms with Crippen LogP contribution in [-0.4, -0.2) is 43.0 Å². The number of halogens is 1. The number of nitrogens with zero attached hydrogens (tertiary/aromatic N) is 5. The summed E-state index contributed by atoms with van der Waals surface area (Å²) in [5, 5.41) is 20.4. The number of anilines is 1. The van der Waals surface area contributed by atoms with Gasteiger partial charge in [0.15, 0.2) is 10.1 Å². The molecule has 43 heavy (non-hydrogen) atoms. The average molecular weight is 614 g/mol. The fourth-order valence-corrected chi connectivity index (χ4v) is 6.68. The first kappa shape index (κ1) is 28.3. The molecule has 0 aliphatic carbocycles. The van der Waals surface area contributed by atoms with Crippen LogP contribution in [0.15, 0.2) is 95.5 Å². The molecule has 3 aromatic heterocycles. The number of ether oxygens (including phenoxy) is 1. The number of imidazole rings is 1. The van der Waals surface area contributed by atoms with E-state index in [1.165, 1.54) is 28.8 Å². The average Bonchev–Trinajstić information content (AvgIpc) is 3.69. The van der Waals surface area contributed by atoms with E-state index in [9.17, 15) is 19.1 Å². The van der Waals surface area contributed by atoms with E-state index in [1.54, 1.807) is 72.1 Å². The Balaban J connectivity index is 1.42. The van der Waals surface area contributed by atoms with Crippen LogP contribution in [0.3, 0.4) is 0 Å². The number of hydrogen-bond acceptors (Lipinski definition) is 9. The Morgan fingerprint density at radius 2 is 1.88 bits per heavy atom. The van der Waals surface area contributed by atoms with Gasteiger partial charge >= 0.3 is 5.91 Å². The summed E-state index contributed by atoms with van der Waals surface area (Å²) in [6, 6.07) is 17.5. The van der Waals surface area contributed by atoms with Gasteiger partial charge in [0.2, 0.25) is 5.13 Å². The third kappa shape index (κ3) is 5.42. The highest BCUT2D eigenvalue weighted by Gasteiger charge is 2.49. The summed E-state index contributed by atoms with van der Waals surface area (Å²) in [6.07, 6.45) is 3.36. The summed E-state index contributed by atoms with van der Waals surface area (Å²) >= 11 is 2.53. The summed E-state index contributed by atoms with van der Waals surface area (Å²) < 4.78 is 21.1. The van der Waals surface area contributed by atoms with Crippen LogP contribution in [0, 0.1) is 12.7 Å². The largest absolute Gasteiger partial charge is 0.505 e. The number of aliphatic hydroxyl groups is 1. The first-order valence-electron chi connectivity index (χ1n) is 13.1. The molecule has 12 heteroatoms. The first-order chi connectivity index (χ1) is 20.9. The molecule has 6 rings (SSSR count). The van der Waals surface area contributed by atoms with E-state index in [2.05, 4.69) is 21.8 Å². The zero-order valence-electron chi connectivity index (χ0n) is 22.8. The van der Waals surface area contributed by atoms with Gasteiger partial charge in [-0.05, 0) is 54.4 Å². The second-order valence-corrected chi connectivity index (χ2v) is 11.8. The third-order valence-electron chi connectivity index (χ3n) is 6.81. The number of pyridine rings is 1. The van der Waals surface area contributed by atoms with Crippen LogP contribution in [0.25, 0.3) is 11.4 Å². The number of benzene rings is 2. The predicted octanol–water partition coefficient (Wildman–Crippen LogP) is 6.12. The maximum Gasteiger partial charge on any atom is 0.301 e. The molecule has 1 fully saturated rings. The molecule has 0 radical (unpaired) electrons. The summed E-state index contributed by atoms with van der Waals surface area (Å²) in [5.41, 5.74) is 2.77. The van der Waals surface area contributed by atoms with Gasteiger partial charge in [-0.2, -0.15) is 0 Å². The predicted molar refractivity (Wildman–Crippen MR) is 163 cm³/mol. The number of rotatable bonds is 9. The van der Waals surface area contributed by atoms with Crippen molar-refractivity contribution >= 4 is 51.3 Å². The Kier molecular flexibility index (Phi) is 7.78. The van der Waals surface area contributed by atoms with E-state index in [4.69, 9.17) is 4.74 Å². The molecule has 1 atom stereocenters. The molecule has 1 aliphatic rings. The Morgan fingerprint density at radius 3 is 2.63 bits per heavy atom. The summed E-state index contributed by atoms with van der Waals surface area (Å²) in [7, 11) is 0. The molecule has 1 aliphatic heterocycles. The van der Waals surface area contributed by atoms with Crippen molar-refractivity contribution in [3.63, 3.8) is 0 Å². The van der Waals surface area contributed by atoms with Crippen molar-refractivity contribution in [3.05, 3.63) is 119 Å². The number of carbonyl (C=O) groups excluding carboxylic acids is 2. The maximum absolute atomic E-state index is 13.7. The number of aromatic nitrogens is 4. The summed E-state index contributed by atoms with van der Waals surface area (Å²) in [6.45, 7) is 5.70. The van der Waals surface area contributed by atoms with Crippen molar-refractivity contribution in [2.24, 2.45) is 0 Å². The normalized spacial score (nSPS) is 16.2. The fraction of sp³-hybridized carbons (Fsp3) is 0.129. The van der Waals surface area contributed by atoms with Crippen LogP contribution in [0.1, 0.15) is 28.6 Å². The molecule has 216 valence electrons. The van der Waals surface area contributed by atoms with Gasteiger partial charge < -0.3 is 9.84 Å². The maximum atomic E-state index is 13.7. The topological polar surface area (TPSA) is 110 Å². The fourth-order valence-electron chi connectivity index (χ4n) is 4.86. The molecule has 2 aromatic carbocycles. The third-order valence-corrected chi connectivity index (χ3v) is 8.94. The van der Waals surface area contributed by atoms with Crippen molar-refractivity contribution < 1.29 is 23.8 Å².